The number of phenolic OH excluding ortho intramolecular Hbond substituents is 1. The number of hydrogen-bond donors (Lipinski definition) is 2. The minimum Gasteiger partial charge on any atom is -0.504 e. The molecule has 0 bridgehead atoms. The Kier molecular flexibility index (Phi) is 5.10. The smallest absolute Gasteiger partial charge is 0.172 e. The lowest BCUT2D eigenvalue weighted by Crippen LogP contribution is -2.32. The molecule has 0 aliphatic carbocycles. The first-order valence-electron chi connectivity index (χ1n) is 10.7. The first-order valence-corrected chi connectivity index (χ1v) is 11.1. The van der Waals surface area contributed by atoms with Gasteiger partial charge in [0.25, 0.3) is 0 Å². The number of halogens is 3. The van der Waals surface area contributed by atoms with Gasteiger partial charge in [-0.25, -0.2) is 8.78 Å². The van der Waals surface area contributed by atoms with Crippen molar-refractivity contribution < 1.29 is 23.4 Å². The summed E-state index contributed by atoms with van der Waals surface area (Å²) in [5.41, 5.74) is 4.26. The summed E-state index contributed by atoms with van der Waals surface area (Å²) < 4.78 is 40.6. The average Bonchev–Trinajstić information content (AvgIpc) is 2.78. The molecule has 0 atom stereocenters. The molecule has 5 rings (SSSR count). The maximum Gasteiger partial charge on any atom is 0.172 e. The largest absolute Gasteiger partial charge is 0.504 e. The number of methoxy groups -OCH3 is 1. The molecule has 0 fully saturated rings. The van der Waals surface area contributed by atoms with E-state index < -0.39 is 11.6 Å². The molecule has 4 nitrogen and oxygen atoms in total. The van der Waals surface area contributed by atoms with Gasteiger partial charge in [-0.1, -0.05) is 23.7 Å². The van der Waals surface area contributed by atoms with Gasteiger partial charge < -0.3 is 19.9 Å². The van der Waals surface area contributed by atoms with Gasteiger partial charge in [0.2, 0.25) is 0 Å². The summed E-state index contributed by atoms with van der Waals surface area (Å²) >= 11 is 6.13. The van der Waals surface area contributed by atoms with Gasteiger partial charge >= 0.3 is 0 Å². The van der Waals surface area contributed by atoms with Crippen molar-refractivity contribution >= 4 is 34.7 Å². The van der Waals surface area contributed by atoms with Crippen LogP contribution in [0.15, 0.2) is 42.5 Å². The molecule has 0 saturated carbocycles. The van der Waals surface area contributed by atoms with Crippen LogP contribution in [0.3, 0.4) is 0 Å². The normalized spacial score (nSPS) is 16.6. The first-order chi connectivity index (χ1) is 16.1. The van der Waals surface area contributed by atoms with Crippen LogP contribution in [0.4, 0.5) is 14.5 Å². The SMILES string of the molecule is COc1c(O)ccc2c1-c1ccc3c(c1C(=Cc1c(F)ccc(F)c1Cl)O2)C(C)=CC(C)(C)N3. The lowest BCUT2D eigenvalue weighted by Gasteiger charge is -2.35. The molecule has 0 aromatic heterocycles. The van der Waals surface area contributed by atoms with Gasteiger partial charge in [-0.3, -0.25) is 0 Å². The lowest BCUT2D eigenvalue weighted by atomic mass is 9.82. The highest BCUT2D eigenvalue weighted by molar-refractivity contribution is 6.32. The summed E-state index contributed by atoms with van der Waals surface area (Å²) in [5.74, 6) is -0.466. The molecular formula is C27H22ClF2NO3. The third-order valence-corrected chi connectivity index (χ3v) is 6.41. The predicted molar refractivity (Wildman–Crippen MR) is 131 cm³/mol. The van der Waals surface area contributed by atoms with E-state index in [1.54, 1.807) is 6.07 Å². The summed E-state index contributed by atoms with van der Waals surface area (Å²) in [6.45, 7) is 6.11. The van der Waals surface area contributed by atoms with E-state index in [2.05, 4.69) is 25.2 Å². The van der Waals surface area contributed by atoms with Crippen LogP contribution in [-0.2, 0) is 0 Å². The molecule has 174 valence electrons. The highest BCUT2D eigenvalue weighted by atomic mass is 35.5. The Bertz CT molecular complexity index is 1430. The van der Waals surface area contributed by atoms with E-state index in [0.717, 1.165) is 34.5 Å². The van der Waals surface area contributed by atoms with Crippen molar-refractivity contribution in [2.24, 2.45) is 0 Å². The number of hydrogen-bond acceptors (Lipinski definition) is 4. The topological polar surface area (TPSA) is 50.7 Å². The molecule has 34 heavy (non-hydrogen) atoms. The number of fused-ring (bicyclic) bond motifs is 5. The van der Waals surface area contributed by atoms with Crippen LogP contribution in [0.5, 0.6) is 17.2 Å². The number of aromatic hydroxyl groups is 1. The Morgan fingerprint density at radius 3 is 2.50 bits per heavy atom. The minimum absolute atomic E-state index is 0.0355. The van der Waals surface area contributed by atoms with Crippen LogP contribution in [-0.4, -0.2) is 17.8 Å². The monoisotopic (exact) mass is 481 g/mol. The van der Waals surface area contributed by atoms with Gasteiger partial charge in [0.1, 0.15) is 23.1 Å². The molecular weight excluding hydrogens is 460 g/mol. The molecule has 0 amide bonds. The zero-order valence-electron chi connectivity index (χ0n) is 19.0. The number of benzene rings is 3. The minimum atomic E-state index is -0.729. The van der Waals surface area contributed by atoms with Crippen molar-refractivity contribution in [3.8, 4) is 28.4 Å². The Labute approximate surface area is 201 Å². The van der Waals surface area contributed by atoms with E-state index in [1.807, 2.05) is 19.1 Å². The predicted octanol–water partition coefficient (Wildman–Crippen LogP) is 7.50. The number of anilines is 1. The maximum atomic E-state index is 14.7. The second kappa shape index (κ2) is 7.77. The van der Waals surface area contributed by atoms with E-state index >= 15 is 0 Å². The zero-order valence-corrected chi connectivity index (χ0v) is 19.8. The second-order valence-electron chi connectivity index (χ2n) is 8.94. The maximum absolute atomic E-state index is 14.7. The number of nitrogens with one attached hydrogen (secondary N) is 1. The molecule has 7 heteroatoms. The van der Waals surface area contributed by atoms with Crippen LogP contribution in [0.1, 0.15) is 37.5 Å². The summed E-state index contributed by atoms with van der Waals surface area (Å²) in [5, 5.41) is 13.6. The molecule has 2 aliphatic heterocycles. The Morgan fingerprint density at radius 1 is 1.03 bits per heavy atom. The molecule has 0 unspecified atom stereocenters. The summed E-state index contributed by atoms with van der Waals surface area (Å²) in [6.07, 6.45) is 3.51. The second-order valence-corrected chi connectivity index (χ2v) is 9.32. The van der Waals surface area contributed by atoms with Crippen molar-refractivity contribution in [3.05, 3.63) is 75.8 Å². The van der Waals surface area contributed by atoms with Crippen LogP contribution < -0.4 is 14.8 Å². The average molecular weight is 482 g/mol. The highest BCUT2D eigenvalue weighted by Crippen LogP contribution is 2.54. The Balaban J connectivity index is 1.87. The van der Waals surface area contributed by atoms with Gasteiger partial charge in [-0.2, -0.15) is 0 Å². The van der Waals surface area contributed by atoms with Gasteiger partial charge in [0.15, 0.2) is 11.5 Å². The molecule has 0 spiro atoms. The molecule has 0 radical (unpaired) electrons. The third-order valence-electron chi connectivity index (χ3n) is 6.03. The molecule has 0 saturated heterocycles. The number of ether oxygens (including phenoxy) is 2. The van der Waals surface area contributed by atoms with E-state index in [-0.39, 0.29) is 27.6 Å². The van der Waals surface area contributed by atoms with Crippen molar-refractivity contribution in [1.29, 1.82) is 0 Å². The van der Waals surface area contributed by atoms with Crippen LogP contribution >= 0.6 is 11.6 Å². The number of rotatable bonds is 2. The summed E-state index contributed by atoms with van der Waals surface area (Å²) in [7, 11) is 1.47. The van der Waals surface area contributed by atoms with Gasteiger partial charge in [0, 0.05) is 27.9 Å². The van der Waals surface area contributed by atoms with Gasteiger partial charge in [-0.15, -0.1) is 0 Å². The quantitative estimate of drug-likeness (QED) is 0.372. The first kappa shape index (κ1) is 22.3. The van der Waals surface area contributed by atoms with E-state index in [4.69, 9.17) is 21.1 Å². The fourth-order valence-corrected chi connectivity index (χ4v) is 4.96. The van der Waals surface area contributed by atoms with Crippen LogP contribution in [0.2, 0.25) is 5.02 Å². The van der Waals surface area contributed by atoms with Gasteiger partial charge in [0.05, 0.1) is 23.2 Å². The van der Waals surface area contributed by atoms with E-state index in [1.165, 1.54) is 19.3 Å². The summed E-state index contributed by atoms with van der Waals surface area (Å²) in [4.78, 5) is 0. The Hall–Kier alpha value is -3.51. The third kappa shape index (κ3) is 3.41. The zero-order chi connectivity index (χ0) is 24.4. The molecule has 3 aromatic rings. The summed E-state index contributed by atoms with van der Waals surface area (Å²) in [6, 6.07) is 8.94. The number of phenols is 1. The molecule has 2 aliphatic rings. The van der Waals surface area contributed by atoms with Crippen molar-refractivity contribution in [2.75, 3.05) is 12.4 Å². The fraction of sp³-hybridized carbons (Fsp3) is 0.185. The molecule has 3 aromatic carbocycles. The molecule has 2 N–H and O–H groups in total. The molecule has 2 heterocycles. The van der Waals surface area contributed by atoms with Crippen LogP contribution in [0.25, 0.3) is 28.5 Å². The standard InChI is InChI=1S/C27H22ClF2NO3/c1-13-12-27(2,3)31-18-8-5-14-23(22(13)18)21(11-15-16(29)6-7-17(30)25(15)28)34-20-10-9-19(32)26(33-4)24(14)20/h5-12,31-32H,1-4H3. The van der Waals surface area contributed by atoms with Gasteiger partial charge in [-0.05, 0) is 62.8 Å². The fourth-order valence-electron chi connectivity index (χ4n) is 4.75. The van der Waals surface area contributed by atoms with E-state index in [9.17, 15) is 13.9 Å². The van der Waals surface area contributed by atoms with Crippen molar-refractivity contribution in [3.63, 3.8) is 0 Å². The van der Waals surface area contributed by atoms with Crippen LogP contribution in [0, 0.1) is 11.6 Å². The number of allylic oxidation sites excluding steroid dienone is 1. The lowest BCUT2D eigenvalue weighted by molar-refractivity contribution is 0.371. The van der Waals surface area contributed by atoms with E-state index in [0.29, 0.717) is 22.6 Å². The van der Waals surface area contributed by atoms with Crippen molar-refractivity contribution in [2.45, 2.75) is 26.3 Å². The Morgan fingerprint density at radius 2 is 1.76 bits per heavy atom. The van der Waals surface area contributed by atoms with Crippen molar-refractivity contribution in [1.82, 2.24) is 0 Å². The highest BCUT2D eigenvalue weighted by Gasteiger charge is 2.33.